The minimum Gasteiger partial charge on any atom is -0.289 e. The standard InChI is InChI=1S/C23H18Cl2O3P/c1-13-12-17(21(26)16-8-5-4-6-9-16)14(2)15(3)22(13)29(28)23(27)20-18(24)10-7-11-19(20)25/h4-12H,1-3H3/q+1. The first-order chi connectivity index (χ1) is 13.7. The van der Waals surface area contributed by atoms with Crippen molar-refractivity contribution in [2.45, 2.75) is 20.8 Å². The van der Waals surface area contributed by atoms with E-state index in [1.54, 1.807) is 57.2 Å². The number of hydrogen-bond acceptors (Lipinski definition) is 3. The van der Waals surface area contributed by atoms with Gasteiger partial charge in [-0.15, -0.1) is 0 Å². The molecule has 0 aromatic heterocycles. The van der Waals surface area contributed by atoms with E-state index in [0.29, 0.717) is 33.1 Å². The Kier molecular flexibility index (Phi) is 6.33. The third-order valence-corrected chi connectivity index (χ3v) is 7.22. The average Bonchev–Trinajstić information content (AvgIpc) is 2.70. The minimum absolute atomic E-state index is 0.0536. The molecule has 29 heavy (non-hydrogen) atoms. The molecule has 0 N–H and O–H groups in total. The molecule has 0 radical (unpaired) electrons. The van der Waals surface area contributed by atoms with Crippen LogP contribution < -0.4 is 5.30 Å². The van der Waals surface area contributed by atoms with Crippen molar-refractivity contribution in [3.63, 3.8) is 0 Å². The number of carbonyl (C=O) groups excluding carboxylic acids is 2. The number of hydrogen-bond donors (Lipinski definition) is 0. The Bertz CT molecular complexity index is 1130. The Morgan fingerprint density at radius 3 is 2.00 bits per heavy atom. The normalized spacial score (nSPS) is 11.3. The molecule has 3 rings (SSSR count). The van der Waals surface area contributed by atoms with Gasteiger partial charge in [-0.25, -0.2) is 4.79 Å². The maximum atomic E-state index is 13.2. The lowest BCUT2D eigenvalue weighted by molar-refractivity contribution is 0.103. The second kappa shape index (κ2) is 8.59. The van der Waals surface area contributed by atoms with Crippen molar-refractivity contribution in [2.75, 3.05) is 0 Å². The van der Waals surface area contributed by atoms with Gasteiger partial charge in [-0.3, -0.25) is 4.79 Å². The van der Waals surface area contributed by atoms with Crippen LogP contribution in [0.1, 0.15) is 43.0 Å². The van der Waals surface area contributed by atoms with Crippen LogP contribution >= 0.6 is 31.0 Å². The number of halogens is 2. The zero-order chi connectivity index (χ0) is 21.3. The molecule has 6 heteroatoms. The molecule has 0 aliphatic heterocycles. The molecule has 3 nitrogen and oxygen atoms in total. The summed E-state index contributed by atoms with van der Waals surface area (Å²) in [5.41, 5.74) is 2.50. The smallest absolute Gasteiger partial charge is 0.289 e. The molecule has 0 saturated carbocycles. The van der Waals surface area contributed by atoms with E-state index in [1.807, 2.05) is 6.07 Å². The fraction of sp³-hybridized carbons (Fsp3) is 0.130. The maximum absolute atomic E-state index is 13.2. The summed E-state index contributed by atoms with van der Waals surface area (Å²) in [4.78, 5) is 25.8. The van der Waals surface area contributed by atoms with Gasteiger partial charge in [0.1, 0.15) is 5.56 Å². The molecule has 0 amide bonds. The number of aryl methyl sites for hydroxylation is 1. The average molecular weight is 444 g/mol. The van der Waals surface area contributed by atoms with E-state index in [0.717, 1.165) is 0 Å². The van der Waals surface area contributed by atoms with Gasteiger partial charge in [-0.1, -0.05) is 64.2 Å². The van der Waals surface area contributed by atoms with Gasteiger partial charge in [0.25, 0.3) is 0 Å². The summed E-state index contributed by atoms with van der Waals surface area (Å²) < 4.78 is 13.2. The van der Waals surface area contributed by atoms with Gasteiger partial charge in [-0.05, 0) is 44.5 Å². The van der Waals surface area contributed by atoms with E-state index < -0.39 is 13.3 Å². The van der Waals surface area contributed by atoms with Crippen molar-refractivity contribution in [1.82, 2.24) is 0 Å². The Morgan fingerprint density at radius 2 is 1.41 bits per heavy atom. The first-order valence-corrected chi connectivity index (χ1v) is 10.9. The third kappa shape index (κ3) is 4.04. The molecule has 0 aliphatic carbocycles. The molecule has 0 bridgehead atoms. The predicted molar refractivity (Wildman–Crippen MR) is 119 cm³/mol. The topological polar surface area (TPSA) is 51.2 Å². The van der Waals surface area contributed by atoms with Gasteiger partial charge in [-0.2, -0.15) is 0 Å². The van der Waals surface area contributed by atoms with E-state index in [9.17, 15) is 14.2 Å². The molecule has 0 heterocycles. The van der Waals surface area contributed by atoms with Gasteiger partial charge in [0.2, 0.25) is 5.30 Å². The highest BCUT2D eigenvalue weighted by Gasteiger charge is 2.39. The Balaban J connectivity index is 2.08. The zero-order valence-corrected chi connectivity index (χ0v) is 18.5. The van der Waals surface area contributed by atoms with Gasteiger partial charge >= 0.3 is 13.3 Å². The van der Waals surface area contributed by atoms with E-state index >= 15 is 0 Å². The Labute approximate surface area is 180 Å². The van der Waals surface area contributed by atoms with Crippen LogP contribution in [0.5, 0.6) is 0 Å². The predicted octanol–water partition coefficient (Wildman–Crippen LogP) is 6.44. The highest BCUT2D eigenvalue weighted by Crippen LogP contribution is 2.36. The van der Waals surface area contributed by atoms with Gasteiger partial charge in [0.15, 0.2) is 5.78 Å². The molecule has 146 valence electrons. The Morgan fingerprint density at radius 1 is 0.828 bits per heavy atom. The van der Waals surface area contributed by atoms with Gasteiger partial charge in [0.05, 0.1) is 10.0 Å². The molecule has 0 spiro atoms. The molecular weight excluding hydrogens is 426 g/mol. The van der Waals surface area contributed by atoms with E-state index in [-0.39, 0.29) is 21.4 Å². The monoisotopic (exact) mass is 443 g/mol. The second-order valence-electron chi connectivity index (χ2n) is 6.73. The summed E-state index contributed by atoms with van der Waals surface area (Å²) in [7, 11) is -2.46. The van der Waals surface area contributed by atoms with Crippen molar-refractivity contribution < 1.29 is 14.2 Å². The van der Waals surface area contributed by atoms with E-state index in [1.165, 1.54) is 12.1 Å². The first kappa shape index (κ1) is 21.4. The highest BCUT2D eigenvalue weighted by atomic mass is 35.5. The molecule has 0 aliphatic rings. The van der Waals surface area contributed by atoms with Crippen molar-refractivity contribution >= 4 is 47.6 Å². The van der Waals surface area contributed by atoms with Crippen molar-refractivity contribution in [3.8, 4) is 0 Å². The third-order valence-electron chi connectivity index (χ3n) is 4.90. The van der Waals surface area contributed by atoms with Crippen LogP contribution in [-0.4, -0.2) is 11.3 Å². The lowest BCUT2D eigenvalue weighted by atomic mass is 9.94. The van der Waals surface area contributed by atoms with E-state index in [4.69, 9.17) is 23.2 Å². The Hall–Kier alpha value is -2.32. The van der Waals surface area contributed by atoms with Crippen LogP contribution in [0, 0.1) is 20.8 Å². The van der Waals surface area contributed by atoms with Crippen LogP contribution in [0.2, 0.25) is 10.0 Å². The molecule has 3 aromatic carbocycles. The molecule has 0 saturated heterocycles. The summed E-state index contributed by atoms with van der Waals surface area (Å²) in [6, 6.07) is 15.4. The largest absolute Gasteiger partial charge is 0.459 e. The number of benzene rings is 3. The van der Waals surface area contributed by atoms with Gasteiger partial charge in [0, 0.05) is 22.3 Å². The maximum Gasteiger partial charge on any atom is 0.459 e. The lowest BCUT2D eigenvalue weighted by Gasteiger charge is -2.11. The quantitative estimate of drug-likeness (QED) is 0.336. The summed E-state index contributed by atoms with van der Waals surface area (Å²) >= 11 is 12.2. The molecule has 3 aromatic rings. The van der Waals surface area contributed by atoms with Crippen molar-refractivity contribution in [2.24, 2.45) is 0 Å². The summed E-state index contributed by atoms with van der Waals surface area (Å²) in [6.45, 7) is 5.32. The number of ketones is 1. The van der Waals surface area contributed by atoms with Crippen LogP contribution in [-0.2, 0) is 4.57 Å². The summed E-state index contributed by atoms with van der Waals surface area (Å²) in [5, 5.41) is 0.741. The second-order valence-corrected chi connectivity index (χ2v) is 8.99. The molecule has 1 unspecified atom stereocenters. The lowest BCUT2D eigenvalue weighted by Crippen LogP contribution is -2.17. The number of rotatable bonds is 5. The number of carbonyl (C=O) groups is 2. The fourth-order valence-corrected chi connectivity index (χ4v) is 5.47. The van der Waals surface area contributed by atoms with Crippen molar-refractivity contribution in [3.05, 3.63) is 98.0 Å². The molecule has 0 fully saturated rings. The summed E-state index contributed by atoms with van der Waals surface area (Å²) in [6.07, 6.45) is 0. The van der Waals surface area contributed by atoms with Gasteiger partial charge < -0.3 is 0 Å². The van der Waals surface area contributed by atoms with Crippen molar-refractivity contribution in [1.29, 1.82) is 0 Å². The highest BCUT2D eigenvalue weighted by molar-refractivity contribution is 7.71. The molecular formula is C23H18Cl2O3P+. The summed E-state index contributed by atoms with van der Waals surface area (Å²) in [5.74, 6) is -0.114. The zero-order valence-electron chi connectivity index (χ0n) is 16.1. The van der Waals surface area contributed by atoms with Crippen LogP contribution in [0.25, 0.3) is 0 Å². The van der Waals surface area contributed by atoms with Crippen LogP contribution in [0.3, 0.4) is 0 Å². The fourth-order valence-electron chi connectivity index (χ4n) is 3.27. The van der Waals surface area contributed by atoms with Crippen LogP contribution in [0.15, 0.2) is 54.6 Å². The first-order valence-electron chi connectivity index (χ1n) is 8.90. The van der Waals surface area contributed by atoms with Crippen LogP contribution in [0.4, 0.5) is 0 Å². The SMILES string of the molecule is Cc1cc(C(=O)c2ccccc2)c(C)c(C)c1[P+](=O)C(=O)c1c(Cl)cccc1Cl. The minimum atomic E-state index is -2.46. The molecule has 1 atom stereocenters. The van der Waals surface area contributed by atoms with E-state index in [2.05, 4.69) is 0 Å².